The number of imide groups is 2. The van der Waals surface area contributed by atoms with Gasteiger partial charge in [-0.15, -0.1) is 10.1 Å². The standard InChI is InChI=1S/C11H15NO6.C10H13NO7/c1-3-10(15)17-7(2)6-11(16)18-12-8(13)4-5-9(12)14;1-6(17-10(15)16-2)5-9(14)18-11-7(12)3-4-8(11)13/h7H,3-6H2,1-2H3;6H,3-5H2,1-2H3. The molecule has 2 rings (SSSR count). The number of nitrogens with zero attached hydrogens (tertiary/aromatic N) is 2. The fourth-order valence-electron chi connectivity index (χ4n) is 2.67. The highest BCUT2D eigenvalue weighted by Crippen LogP contribution is 2.14. The van der Waals surface area contributed by atoms with Crippen molar-refractivity contribution in [3.05, 3.63) is 0 Å². The maximum absolute atomic E-state index is 11.4. The van der Waals surface area contributed by atoms with E-state index in [0.29, 0.717) is 10.1 Å². The second-order valence-corrected chi connectivity index (χ2v) is 7.54. The lowest BCUT2D eigenvalue weighted by Gasteiger charge is -2.15. The van der Waals surface area contributed by atoms with Gasteiger partial charge in [0.05, 0.1) is 20.0 Å². The average molecular weight is 516 g/mol. The smallest absolute Gasteiger partial charge is 0.462 e. The molecule has 2 aliphatic rings. The van der Waals surface area contributed by atoms with E-state index in [4.69, 9.17) is 4.74 Å². The number of methoxy groups -OCH3 is 1. The Kier molecular flexibility index (Phi) is 12.0. The van der Waals surface area contributed by atoms with Gasteiger partial charge in [0.2, 0.25) is 0 Å². The van der Waals surface area contributed by atoms with E-state index in [1.165, 1.54) is 13.8 Å². The van der Waals surface area contributed by atoms with Gasteiger partial charge < -0.3 is 23.9 Å². The molecule has 2 aliphatic heterocycles. The Balaban J connectivity index is 0.000000360. The molecule has 200 valence electrons. The average Bonchev–Trinajstić information content (AvgIpc) is 3.29. The molecule has 4 amide bonds. The maximum atomic E-state index is 11.4. The SMILES string of the molecule is CCC(=O)OC(C)CC(=O)ON1C(=O)CCC1=O.COC(=O)OC(C)CC(=O)ON1C(=O)CCC1=O. The highest BCUT2D eigenvalue weighted by atomic mass is 16.7. The van der Waals surface area contributed by atoms with E-state index in [1.807, 2.05) is 0 Å². The Bertz CT molecular complexity index is 796. The zero-order valence-corrected chi connectivity index (χ0v) is 20.3. The van der Waals surface area contributed by atoms with Crippen molar-refractivity contribution in [3.63, 3.8) is 0 Å². The first-order chi connectivity index (χ1) is 16.9. The van der Waals surface area contributed by atoms with Crippen molar-refractivity contribution in [1.82, 2.24) is 10.1 Å². The molecule has 2 saturated heterocycles. The van der Waals surface area contributed by atoms with Gasteiger partial charge in [-0.3, -0.25) is 24.0 Å². The van der Waals surface area contributed by atoms with Crippen molar-refractivity contribution in [2.45, 2.75) is 77.9 Å². The summed E-state index contributed by atoms with van der Waals surface area (Å²) in [7, 11) is 1.13. The first-order valence-electron chi connectivity index (χ1n) is 10.9. The molecule has 2 fully saturated rings. The highest BCUT2D eigenvalue weighted by molar-refractivity contribution is 6.02. The zero-order valence-electron chi connectivity index (χ0n) is 20.3. The minimum atomic E-state index is -0.927. The molecule has 0 saturated carbocycles. The van der Waals surface area contributed by atoms with Crippen molar-refractivity contribution in [2.75, 3.05) is 7.11 Å². The third kappa shape index (κ3) is 10.1. The van der Waals surface area contributed by atoms with Crippen LogP contribution < -0.4 is 0 Å². The number of ether oxygens (including phenoxy) is 3. The first kappa shape index (κ1) is 30.0. The predicted octanol–water partition coefficient (Wildman–Crippen LogP) is 0.481. The van der Waals surface area contributed by atoms with E-state index >= 15 is 0 Å². The van der Waals surface area contributed by atoms with Crippen LogP contribution in [0.5, 0.6) is 0 Å². The van der Waals surface area contributed by atoms with Crippen LogP contribution >= 0.6 is 0 Å². The van der Waals surface area contributed by atoms with Crippen LogP contribution in [0.1, 0.15) is 65.7 Å². The zero-order chi connectivity index (χ0) is 27.4. The molecule has 0 bridgehead atoms. The van der Waals surface area contributed by atoms with Crippen molar-refractivity contribution in [2.24, 2.45) is 0 Å². The van der Waals surface area contributed by atoms with E-state index in [-0.39, 0.29) is 44.9 Å². The molecular weight excluding hydrogens is 488 g/mol. The van der Waals surface area contributed by atoms with Gasteiger partial charge in [0, 0.05) is 32.1 Å². The van der Waals surface area contributed by atoms with Crippen LogP contribution in [0.25, 0.3) is 0 Å². The summed E-state index contributed by atoms with van der Waals surface area (Å²) in [6.07, 6.45) is -2.49. The van der Waals surface area contributed by atoms with Gasteiger partial charge in [-0.1, -0.05) is 6.92 Å². The van der Waals surface area contributed by atoms with Gasteiger partial charge in [-0.25, -0.2) is 14.4 Å². The number of carbonyl (C=O) groups is 8. The summed E-state index contributed by atoms with van der Waals surface area (Å²) < 4.78 is 13.7. The summed E-state index contributed by atoms with van der Waals surface area (Å²) >= 11 is 0. The topological polar surface area (TPSA) is 189 Å². The Morgan fingerprint density at radius 3 is 1.39 bits per heavy atom. The number of hydroxylamine groups is 4. The molecular formula is C21H28N2O13. The second kappa shape index (κ2) is 14.4. The highest BCUT2D eigenvalue weighted by Gasteiger charge is 2.34. The van der Waals surface area contributed by atoms with Gasteiger partial charge >= 0.3 is 24.1 Å². The Labute approximate surface area is 205 Å². The molecule has 0 aromatic rings. The third-order valence-electron chi connectivity index (χ3n) is 4.39. The molecule has 2 heterocycles. The molecule has 36 heavy (non-hydrogen) atoms. The summed E-state index contributed by atoms with van der Waals surface area (Å²) in [5, 5.41) is 0.907. The summed E-state index contributed by atoms with van der Waals surface area (Å²) in [5.41, 5.74) is 0. The number of amides is 4. The first-order valence-corrected chi connectivity index (χ1v) is 10.9. The summed E-state index contributed by atoms with van der Waals surface area (Å²) in [5.74, 6) is -4.24. The van der Waals surface area contributed by atoms with Crippen LogP contribution in [-0.4, -0.2) is 77.1 Å². The fraction of sp³-hybridized carbons (Fsp3) is 0.619. The van der Waals surface area contributed by atoms with Crippen LogP contribution in [0.4, 0.5) is 4.79 Å². The molecule has 15 nitrogen and oxygen atoms in total. The number of esters is 1. The van der Waals surface area contributed by atoms with E-state index in [2.05, 4.69) is 19.1 Å². The quantitative estimate of drug-likeness (QED) is 0.304. The number of hydrogen-bond acceptors (Lipinski definition) is 13. The molecule has 0 N–H and O–H groups in total. The lowest BCUT2D eigenvalue weighted by atomic mass is 10.3. The van der Waals surface area contributed by atoms with Gasteiger partial charge in [-0.05, 0) is 13.8 Å². The molecule has 0 radical (unpaired) electrons. The Hall–Kier alpha value is -4.04. The Morgan fingerprint density at radius 2 is 1.06 bits per heavy atom. The fourth-order valence-corrected chi connectivity index (χ4v) is 2.67. The van der Waals surface area contributed by atoms with Gasteiger partial charge in [0.1, 0.15) is 12.2 Å². The Morgan fingerprint density at radius 1 is 0.694 bits per heavy atom. The van der Waals surface area contributed by atoms with Crippen molar-refractivity contribution in [1.29, 1.82) is 0 Å². The summed E-state index contributed by atoms with van der Waals surface area (Å²) in [4.78, 5) is 98.3. The van der Waals surface area contributed by atoms with Crippen LogP contribution in [-0.2, 0) is 57.4 Å². The monoisotopic (exact) mass is 516 g/mol. The number of hydrogen-bond donors (Lipinski definition) is 0. The minimum Gasteiger partial charge on any atom is -0.462 e. The predicted molar refractivity (Wildman–Crippen MR) is 112 cm³/mol. The molecule has 15 heteroatoms. The van der Waals surface area contributed by atoms with Crippen LogP contribution in [0.3, 0.4) is 0 Å². The second-order valence-electron chi connectivity index (χ2n) is 7.54. The normalized spacial score (nSPS) is 16.6. The molecule has 0 aromatic carbocycles. The van der Waals surface area contributed by atoms with E-state index in [1.54, 1.807) is 6.92 Å². The van der Waals surface area contributed by atoms with E-state index in [0.717, 1.165) is 7.11 Å². The summed E-state index contributed by atoms with van der Waals surface area (Å²) in [6.45, 7) is 4.61. The van der Waals surface area contributed by atoms with Crippen molar-refractivity contribution < 1.29 is 62.2 Å². The molecule has 0 spiro atoms. The molecule has 0 aliphatic carbocycles. The van der Waals surface area contributed by atoms with Crippen LogP contribution in [0.2, 0.25) is 0 Å². The van der Waals surface area contributed by atoms with Crippen molar-refractivity contribution in [3.8, 4) is 0 Å². The largest absolute Gasteiger partial charge is 0.508 e. The minimum absolute atomic E-state index is 0.0281. The van der Waals surface area contributed by atoms with Crippen molar-refractivity contribution >= 4 is 47.7 Å². The molecule has 0 aromatic heterocycles. The maximum Gasteiger partial charge on any atom is 0.508 e. The van der Waals surface area contributed by atoms with Gasteiger partial charge in [-0.2, -0.15) is 0 Å². The van der Waals surface area contributed by atoms with E-state index < -0.39 is 59.9 Å². The lowest BCUT2D eigenvalue weighted by molar-refractivity contribution is -0.199. The van der Waals surface area contributed by atoms with Crippen LogP contribution in [0, 0.1) is 0 Å². The lowest BCUT2D eigenvalue weighted by Crippen LogP contribution is -2.33. The number of rotatable bonds is 9. The van der Waals surface area contributed by atoms with Crippen LogP contribution in [0.15, 0.2) is 0 Å². The van der Waals surface area contributed by atoms with Gasteiger partial charge in [0.15, 0.2) is 0 Å². The third-order valence-corrected chi connectivity index (χ3v) is 4.39. The summed E-state index contributed by atoms with van der Waals surface area (Å²) in [6, 6.07) is 0. The van der Waals surface area contributed by atoms with E-state index in [9.17, 15) is 38.4 Å². The molecule has 2 atom stereocenters. The van der Waals surface area contributed by atoms with Gasteiger partial charge in [0.25, 0.3) is 23.6 Å². The molecule has 2 unspecified atom stereocenters. The number of carbonyl (C=O) groups excluding carboxylic acids is 8.